The van der Waals surface area contributed by atoms with Crippen molar-refractivity contribution in [3.05, 3.63) is 0 Å². The van der Waals surface area contributed by atoms with Crippen molar-refractivity contribution in [2.45, 2.75) is 58.2 Å². The molecule has 0 aliphatic carbocycles. The summed E-state index contributed by atoms with van der Waals surface area (Å²) in [5.41, 5.74) is 0. The molecule has 0 aliphatic heterocycles. The van der Waals surface area contributed by atoms with Crippen LogP contribution in [0.2, 0.25) is 17.1 Å². The third-order valence-electron chi connectivity index (χ3n) is 3.50. The van der Waals surface area contributed by atoms with E-state index in [4.69, 9.17) is 0 Å². The molecule has 0 saturated carbocycles. The van der Waals surface area contributed by atoms with Gasteiger partial charge in [-0.15, -0.1) is 0 Å². The molecule has 0 rings (SSSR count). The van der Waals surface area contributed by atoms with Gasteiger partial charge in [-0.05, 0) is 31.2 Å². The fourth-order valence-electron chi connectivity index (χ4n) is 2.71. The summed E-state index contributed by atoms with van der Waals surface area (Å²) in [5, 5.41) is 0.501. The lowest BCUT2D eigenvalue weighted by atomic mass is 10.2. The van der Waals surface area contributed by atoms with Gasteiger partial charge in [0, 0.05) is 0 Å². The average molecular weight is 201 g/mol. The van der Waals surface area contributed by atoms with Crippen molar-refractivity contribution in [1.82, 2.24) is 4.57 Å². The Bertz CT molecular complexity index is 149. The van der Waals surface area contributed by atoms with Gasteiger partial charge in [0.2, 0.25) is 0 Å². The van der Waals surface area contributed by atoms with E-state index in [2.05, 4.69) is 53.3 Å². The van der Waals surface area contributed by atoms with E-state index in [0.717, 1.165) is 0 Å². The predicted molar refractivity (Wildman–Crippen MR) is 64.7 cm³/mol. The molecule has 0 radical (unpaired) electrons. The van der Waals surface area contributed by atoms with E-state index in [1.165, 1.54) is 18.5 Å². The van der Waals surface area contributed by atoms with Gasteiger partial charge in [-0.3, -0.25) is 0 Å². The van der Waals surface area contributed by atoms with Crippen LogP contribution < -0.4 is 0 Å². The van der Waals surface area contributed by atoms with Crippen LogP contribution in [0.5, 0.6) is 0 Å². The molecule has 2 heteroatoms. The molecule has 0 aliphatic rings. The fraction of sp³-hybridized carbons (Fsp3) is 1.00. The van der Waals surface area contributed by atoms with Crippen molar-refractivity contribution in [1.29, 1.82) is 0 Å². The molecule has 1 nitrogen and oxygen atoms in total. The minimum absolute atomic E-state index is 0.501. The van der Waals surface area contributed by atoms with Crippen LogP contribution in [-0.2, 0) is 0 Å². The van der Waals surface area contributed by atoms with Gasteiger partial charge < -0.3 is 4.57 Å². The topological polar surface area (TPSA) is 3.24 Å². The zero-order valence-corrected chi connectivity index (χ0v) is 11.6. The highest BCUT2D eigenvalue weighted by Gasteiger charge is 2.44. The maximum absolute atomic E-state index is 2.55. The van der Waals surface area contributed by atoms with E-state index in [1.807, 2.05) is 0 Å². The molecule has 1 unspecified atom stereocenters. The second-order valence-electron chi connectivity index (χ2n) is 5.28. The molecule has 0 N–H and O–H groups in total. The maximum Gasteiger partial charge on any atom is 0.133 e. The second-order valence-corrected chi connectivity index (χ2v) is 10.9. The zero-order chi connectivity index (χ0) is 10.7. The van der Waals surface area contributed by atoms with E-state index in [0.29, 0.717) is 5.04 Å². The van der Waals surface area contributed by atoms with E-state index in [-0.39, 0.29) is 0 Å². The van der Waals surface area contributed by atoms with Gasteiger partial charge >= 0.3 is 0 Å². The fourth-order valence-corrected chi connectivity index (χ4v) is 8.12. The highest BCUT2D eigenvalue weighted by Crippen LogP contribution is 2.43. The first-order valence-electron chi connectivity index (χ1n) is 5.49. The SMILES string of the molecule is CCC[Si](CC)(N(C)C)C(C)(C)C. The highest BCUT2D eigenvalue weighted by molar-refractivity contribution is 6.79. The van der Waals surface area contributed by atoms with Crippen molar-refractivity contribution < 1.29 is 0 Å². The van der Waals surface area contributed by atoms with Crippen LogP contribution in [0.1, 0.15) is 41.0 Å². The summed E-state index contributed by atoms with van der Waals surface area (Å²) in [4.78, 5) is 0. The van der Waals surface area contributed by atoms with Gasteiger partial charge in [-0.1, -0.05) is 41.0 Å². The molecule has 0 bridgehead atoms. The van der Waals surface area contributed by atoms with Crippen LogP contribution in [0.3, 0.4) is 0 Å². The Labute approximate surface area is 85.6 Å². The highest BCUT2D eigenvalue weighted by atomic mass is 28.3. The van der Waals surface area contributed by atoms with E-state index in [1.54, 1.807) is 0 Å². The molecule has 0 fully saturated rings. The minimum atomic E-state index is -1.22. The van der Waals surface area contributed by atoms with Crippen LogP contribution in [0.25, 0.3) is 0 Å². The van der Waals surface area contributed by atoms with Crippen LogP contribution in [0, 0.1) is 0 Å². The van der Waals surface area contributed by atoms with Gasteiger partial charge in [-0.25, -0.2) is 0 Å². The first-order valence-corrected chi connectivity index (χ1v) is 7.85. The summed E-state index contributed by atoms with van der Waals surface area (Å²) in [5.74, 6) is 0. The lowest BCUT2D eigenvalue weighted by molar-refractivity contribution is 0.527. The van der Waals surface area contributed by atoms with Crippen molar-refractivity contribution in [2.24, 2.45) is 0 Å². The first kappa shape index (κ1) is 13.2. The molecule has 0 aromatic carbocycles. The quantitative estimate of drug-likeness (QED) is 0.627. The van der Waals surface area contributed by atoms with Crippen molar-refractivity contribution in [2.75, 3.05) is 14.1 Å². The summed E-state index contributed by atoms with van der Waals surface area (Å²) in [6, 6.07) is 2.80. The zero-order valence-electron chi connectivity index (χ0n) is 10.6. The van der Waals surface area contributed by atoms with E-state index in [9.17, 15) is 0 Å². The minimum Gasteiger partial charge on any atom is -0.328 e. The van der Waals surface area contributed by atoms with Crippen LogP contribution in [0.4, 0.5) is 0 Å². The van der Waals surface area contributed by atoms with Crippen LogP contribution >= 0.6 is 0 Å². The molecular formula is C11H27NSi. The average Bonchev–Trinajstić information content (AvgIpc) is 1.96. The van der Waals surface area contributed by atoms with Gasteiger partial charge in [-0.2, -0.15) is 0 Å². The monoisotopic (exact) mass is 201 g/mol. The van der Waals surface area contributed by atoms with Gasteiger partial charge in [0.1, 0.15) is 8.24 Å². The predicted octanol–water partition coefficient (Wildman–Crippen LogP) is 3.72. The number of hydrogen-bond acceptors (Lipinski definition) is 1. The largest absolute Gasteiger partial charge is 0.328 e. The van der Waals surface area contributed by atoms with Crippen LogP contribution in [-0.4, -0.2) is 26.9 Å². The third-order valence-corrected chi connectivity index (χ3v) is 10.5. The molecule has 13 heavy (non-hydrogen) atoms. The Kier molecular flexibility index (Phi) is 4.67. The second kappa shape index (κ2) is 4.60. The lowest BCUT2D eigenvalue weighted by Gasteiger charge is -2.47. The molecule has 0 saturated heterocycles. The van der Waals surface area contributed by atoms with Crippen molar-refractivity contribution in [3.8, 4) is 0 Å². The maximum atomic E-state index is 2.55. The molecule has 0 spiro atoms. The van der Waals surface area contributed by atoms with Crippen molar-refractivity contribution >= 4 is 8.24 Å². The summed E-state index contributed by atoms with van der Waals surface area (Å²) in [6.07, 6.45) is 1.33. The molecular weight excluding hydrogens is 174 g/mol. The van der Waals surface area contributed by atoms with E-state index < -0.39 is 8.24 Å². The summed E-state index contributed by atoms with van der Waals surface area (Å²) >= 11 is 0. The molecule has 0 heterocycles. The van der Waals surface area contributed by atoms with Gasteiger partial charge in [0.05, 0.1) is 0 Å². The smallest absolute Gasteiger partial charge is 0.133 e. The number of nitrogens with zero attached hydrogens (tertiary/aromatic N) is 1. The summed E-state index contributed by atoms with van der Waals surface area (Å²) < 4.78 is 2.55. The normalized spacial score (nSPS) is 17.5. The molecule has 0 aromatic heterocycles. The van der Waals surface area contributed by atoms with E-state index >= 15 is 0 Å². The van der Waals surface area contributed by atoms with Crippen LogP contribution in [0.15, 0.2) is 0 Å². The third kappa shape index (κ3) is 2.56. The van der Waals surface area contributed by atoms with Crippen molar-refractivity contribution in [3.63, 3.8) is 0 Å². The van der Waals surface area contributed by atoms with Gasteiger partial charge in [0.25, 0.3) is 0 Å². The Balaban J connectivity index is 4.87. The standard InChI is InChI=1S/C11H27NSi/c1-8-10-13(9-2,12(6)7)11(3,4)5/h8-10H2,1-7H3. The Morgan fingerprint density at radius 1 is 1.08 bits per heavy atom. The lowest BCUT2D eigenvalue weighted by Crippen LogP contribution is -2.55. The Morgan fingerprint density at radius 2 is 1.54 bits per heavy atom. The Morgan fingerprint density at radius 3 is 1.62 bits per heavy atom. The molecule has 0 amide bonds. The number of rotatable bonds is 4. The first-order chi connectivity index (χ1) is 5.81. The Hall–Kier alpha value is 0.177. The number of hydrogen-bond donors (Lipinski definition) is 0. The van der Waals surface area contributed by atoms with Gasteiger partial charge in [0.15, 0.2) is 0 Å². The molecule has 0 aromatic rings. The summed E-state index contributed by atoms with van der Waals surface area (Å²) in [7, 11) is 3.33. The summed E-state index contributed by atoms with van der Waals surface area (Å²) in [6.45, 7) is 11.9. The molecule has 1 atom stereocenters. The molecule has 80 valence electrons.